The molecule has 1 amide bonds. The molecule has 0 spiro atoms. The molecule has 5 nitrogen and oxygen atoms in total. The predicted octanol–water partition coefficient (Wildman–Crippen LogP) is 0.862. The van der Waals surface area contributed by atoms with Crippen molar-refractivity contribution in [3.05, 3.63) is 18.2 Å². The molecular weight excluding hydrogens is 196 g/mol. The molecule has 0 atom stereocenters. The number of ether oxygens (including phenoxy) is 2. The molecule has 1 aromatic carbocycles. The zero-order valence-electron chi connectivity index (χ0n) is 8.74. The molecule has 1 rings (SSSR count). The van der Waals surface area contributed by atoms with Crippen LogP contribution in [0.25, 0.3) is 0 Å². The molecule has 5 heteroatoms. The van der Waals surface area contributed by atoms with E-state index < -0.39 is 0 Å². The smallest absolute Gasteiger partial charge is 0.250 e. The van der Waals surface area contributed by atoms with Gasteiger partial charge < -0.3 is 20.5 Å². The fraction of sp³-hybridized carbons (Fsp3) is 0.300. The number of hydrogen-bond acceptors (Lipinski definition) is 4. The number of methoxy groups -OCH3 is 2. The number of hydrogen-bond donors (Lipinski definition) is 2. The molecule has 0 saturated carbocycles. The lowest BCUT2D eigenvalue weighted by Gasteiger charge is -2.08. The van der Waals surface area contributed by atoms with Gasteiger partial charge in [-0.1, -0.05) is 0 Å². The third kappa shape index (κ3) is 3.14. The third-order valence-corrected chi connectivity index (χ3v) is 1.81. The number of carbonyl (C=O) groups is 1. The fourth-order valence-corrected chi connectivity index (χ4v) is 1.10. The van der Waals surface area contributed by atoms with Crippen LogP contribution in [-0.4, -0.2) is 26.7 Å². The van der Waals surface area contributed by atoms with E-state index in [-0.39, 0.29) is 12.5 Å². The average Bonchev–Trinajstić information content (AvgIpc) is 2.21. The van der Waals surface area contributed by atoms with E-state index in [1.807, 2.05) is 0 Å². The Morgan fingerprint density at radius 3 is 2.73 bits per heavy atom. The summed E-state index contributed by atoms with van der Waals surface area (Å²) in [7, 11) is 3.01. The van der Waals surface area contributed by atoms with E-state index in [0.29, 0.717) is 17.1 Å². The Morgan fingerprint density at radius 2 is 2.20 bits per heavy atom. The summed E-state index contributed by atoms with van der Waals surface area (Å²) >= 11 is 0. The van der Waals surface area contributed by atoms with Crippen molar-refractivity contribution in [2.75, 3.05) is 31.9 Å². The van der Waals surface area contributed by atoms with E-state index in [0.717, 1.165) is 0 Å². The minimum atomic E-state index is -0.241. The molecule has 0 radical (unpaired) electrons. The van der Waals surface area contributed by atoms with Crippen molar-refractivity contribution < 1.29 is 14.3 Å². The molecule has 0 aliphatic heterocycles. The van der Waals surface area contributed by atoms with Gasteiger partial charge in [0.1, 0.15) is 12.4 Å². The molecule has 0 bridgehead atoms. The monoisotopic (exact) mass is 210 g/mol. The highest BCUT2D eigenvalue weighted by Crippen LogP contribution is 2.23. The Kier molecular flexibility index (Phi) is 3.93. The van der Waals surface area contributed by atoms with Gasteiger partial charge >= 0.3 is 0 Å². The van der Waals surface area contributed by atoms with E-state index in [1.54, 1.807) is 25.3 Å². The number of rotatable bonds is 4. The quantitative estimate of drug-likeness (QED) is 0.723. The summed E-state index contributed by atoms with van der Waals surface area (Å²) in [4.78, 5) is 11.2. The van der Waals surface area contributed by atoms with Gasteiger partial charge in [0.05, 0.1) is 18.5 Å². The Balaban J connectivity index is 2.73. The molecule has 0 aromatic heterocycles. The van der Waals surface area contributed by atoms with Gasteiger partial charge in [-0.15, -0.1) is 0 Å². The van der Waals surface area contributed by atoms with Gasteiger partial charge in [-0.05, 0) is 12.1 Å². The Bertz CT molecular complexity index is 353. The highest BCUT2D eigenvalue weighted by atomic mass is 16.5. The third-order valence-electron chi connectivity index (χ3n) is 1.81. The molecule has 15 heavy (non-hydrogen) atoms. The Hall–Kier alpha value is -1.75. The summed E-state index contributed by atoms with van der Waals surface area (Å²) in [6.45, 7) is 0.00543. The molecular formula is C10H14N2O3. The van der Waals surface area contributed by atoms with Crippen molar-refractivity contribution in [1.29, 1.82) is 0 Å². The Morgan fingerprint density at radius 1 is 1.47 bits per heavy atom. The summed E-state index contributed by atoms with van der Waals surface area (Å²) in [5.74, 6) is 0.409. The summed E-state index contributed by atoms with van der Waals surface area (Å²) < 4.78 is 9.67. The topological polar surface area (TPSA) is 73.6 Å². The van der Waals surface area contributed by atoms with Crippen LogP contribution >= 0.6 is 0 Å². The van der Waals surface area contributed by atoms with Gasteiger partial charge in [-0.3, -0.25) is 4.79 Å². The molecule has 0 aliphatic rings. The number of benzene rings is 1. The van der Waals surface area contributed by atoms with Gasteiger partial charge in [0.25, 0.3) is 0 Å². The van der Waals surface area contributed by atoms with E-state index in [2.05, 4.69) is 10.1 Å². The van der Waals surface area contributed by atoms with Crippen molar-refractivity contribution in [2.45, 2.75) is 0 Å². The minimum absolute atomic E-state index is 0.00543. The molecule has 0 unspecified atom stereocenters. The molecule has 82 valence electrons. The van der Waals surface area contributed by atoms with Crippen LogP contribution in [0, 0.1) is 0 Å². The van der Waals surface area contributed by atoms with Crippen LogP contribution in [0.5, 0.6) is 5.75 Å². The van der Waals surface area contributed by atoms with Crippen LogP contribution in [0.1, 0.15) is 0 Å². The van der Waals surface area contributed by atoms with Crippen molar-refractivity contribution >= 4 is 17.3 Å². The maximum absolute atomic E-state index is 11.2. The molecule has 0 aliphatic carbocycles. The summed E-state index contributed by atoms with van der Waals surface area (Å²) in [5.41, 5.74) is 6.72. The zero-order valence-corrected chi connectivity index (χ0v) is 8.74. The number of amides is 1. The summed E-state index contributed by atoms with van der Waals surface area (Å²) in [6.07, 6.45) is 0. The summed E-state index contributed by atoms with van der Waals surface area (Å²) in [6, 6.07) is 5.04. The van der Waals surface area contributed by atoms with Gasteiger partial charge in [0, 0.05) is 13.2 Å². The second-order valence-electron chi connectivity index (χ2n) is 2.93. The van der Waals surface area contributed by atoms with E-state index in [1.165, 1.54) is 7.11 Å². The van der Waals surface area contributed by atoms with Crippen molar-refractivity contribution in [3.63, 3.8) is 0 Å². The van der Waals surface area contributed by atoms with E-state index >= 15 is 0 Å². The van der Waals surface area contributed by atoms with Crippen LogP contribution < -0.4 is 15.8 Å². The standard InChI is InChI=1S/C10H14N2O3/c1-14-6-10(13)12-9-4-3-7(15-2)5-8(9)11/h3-5H,6,11H2,1-2H3,(H,12,13). The van der Waals surface area contributed by atoms with Gasteiger partial charge in [-0.2, -0.15) is 0 Å². The van der Waals surface area contributed by atoms with Gasteiger partial charge in [0.15, 0.2) is 0 Å². The molecule has 0 saturated heterocycles. The molecule has 0 fully saturated rings. The van der Waals surface area contributed by atoms with E-state index in [9.17, 15) is 4.79 Å². The maximum Gasteiger partial charge on any atom is 0.250 e. The number of carbonyl (C=O) groups excluding carboxylic acids is 1. The first-order valence-corrected chi connectivity index (χ1v) is 4.39. The number of nitrogens with two attached hydrogens (primary N) is 1. The predicted molar refractivity (Wildman–Crippen MR) is 57.9 cm³/mol. The van der Waals surface area contributed by atoms with E-state index in [4.69, 9.17) is 10.5 Å². The van der Waals surface area contributed by atoms with Crippen LogP contribution in [0.2, 0.25) is 0 Å². The van der Waals surface area contributed by atoms with Crippen LogP contribution in [0.4, 0.5) is 11.4 Å². The van der Waals surface area contributed by atoms with Crippen LogP contribution in [0.3, 0.4) is 0 Å². The number of nitrogens with one attached hydrogen (secondary N) is 1. The first-order valence-electron chi connectivity index (χ1n) is 4.39. The normalized spacial score (nSPS) is 9.73. The minimum Gasteiger partial charge on any atom is -0.497 e. The number of nitrogen functional groups attached to an aromatic ring is 1. The first-order chi connectivity index (χ1) is 7.17. The van der Waals surface area contributed by atoms with Crippen LogP contribution in [0.15, 0.2) is 18.2 Å². The second-order valence-corrected chi connectivity index (χ2v) is 2.93. The number of anilines is 2. The second kappa shape index (κ2) is 5.21. The van der Waals surface area contributed by atoms with Crippen molar-refractivity contribution in [3.8, 4) is 5.75 Å². The molecule has 3 N–H and O–H groups in total. The Labute approximate surface area is 88.2 Å². The lowest BCUT2D eigenvalue weighted by Crippen LogP contribution is -2.17. The van der Waals surface area contributed by atoms with Crippen molar-refractivity contribution in [2.24, 2.45) is 0 Å². The molecule has 1 aromatic rings. The average molecular weight is 210 g/mol. The SMILES string of the molecule is COCC(=O)Nc1ccc(OC)cc1N. The fourth-order valence-electron chi connectivity index (χ4n) is 1.10. The zero-order chi connectivity index (χ0) is 11.3. The van der Waals surface area contributed by atoms with Gasteiger partial charge in [0.2, 0.25) is 5.91 Å². The van der Waals surface area contributed by atoms with Gasteiger partial charge in [-0.25, -0.2) is 0 Å². The highest BCUT2D eigenvalue weighted by molar-refractivity contribution is 5.94. The molecule has 0 heterocycles. The highest BCUT2D eigenvalue weighted by Gasteiger charge is 2.05. The first kappa shape index (κ1) is 11.3. The largest absolute Gasteiger partial charge is 0.497 e. The summed E-state index contributed by atoms with van der Waals surface area (Å²) in [5, 5.41) is 2.62. The lowest BCUT2D eigenvalue weighted by molar-refractivity contribution is -0.119. The van der Waals surface area contributed by atoms with Crippen LogP contribution in [-0.2, 0) is 9.53 Å². The maximum atomic E-state index is 11.2. The van der Waals surface area contributed by atoms with Crippen molar-refractivity contribution in [1.82, 2.24) is 0 Å². The lowest BCUT2D eigenvalue weighted by atomic mass is 10.2.